The van der Waals surface area contributed by atoms with Gasteiger partial charge in [0.1, 0.15) is 13.2 Å². The molecule has 0 saturated heterocycles. The standard InChI is InChI=1S/C24H21N3O2S/c1-16(18-10-11-22-23(14-18)29-13-12-28-22)26-27-21(15-30-24(27)25-2)20-9-5-7-17-6-3-4-8-19(17)20/h3-11,14-15H,12-13H2,1-2H3. The van der Waals surface area contributed by atoms with Crippen molar-refractivity contribution in [2.75, 3.05) is 20.3 Å². The molecular weight excluding hydrogens is 394 g/mol. The molecular formula is C24H21N3O2S. The minimum absolute atomic E-state index is 0.565. The van der Waals surface area contributed by atoms with Gasteiger partial charge in [-0.2, -0.15) is 5.10 Å². The summed E-state index contributed by atoms with van der Waals surface area (Å²) < 4.78 is 13.3. The van der Waals surface area contributed by atoms with Crippen LogP contribution >= 0.6 is 11.3 Å². The van der Waals surface area contributed by atoms with Crippen molar-refractivity contribution >= 4 is 27.8 Å². The second-order valence-electron chi connectivity index (χ2n) is 7.01. The highest BCUT2D eigenvalue weighted by Crippen LogP contribution is 2.32. The van der Waals surface area contributed by atoms with Gasteiger partial charge in [-0.05, 0) is 35.9 Å². The molecule has 1 aliphatic rings. The molecule has 0 fully saturated rings. The Morgan fingerprint density at radius 1 is 0.967 bits per heavy atom. The van der Waals surface area contributed by atoms with Crippen LogP contribution < -0.4 is 14.3 Å². The van der Waals surface area contributed by atoms with Crippen LogP contribution in [0.2, 0.25) is 0 Å². The van der Waals surface area contributed by atoms with Gasteiger partial charge in [0.25, 0.3) is 0 Å². The topological polar surface area (TPSA) is 48.1 Å². The molecule has 150 valence electrons. The summed E-state index contributed by atoms with van der Waals surface area (Å²) in [7, 11) is 1.80. The van der Waals surface area contributed by atoms with Gasteiger partial charge in [0.15, 0.2) is 11.5 Å². The Kier molecular flexibility index (Phi) is 4.85. The molecule has 6 heteroatoms. The Labute approximate surface area is 178 Å². The van der Waals surface area contributed by atoms with Crippen LogP contribution in [0, 0.1) is 0 Å². The predicted octanol–water partition coefficient (Wildman–Crippen LogP) is 4.94. The van der Waals surface area contributed by atoms with Crippen LogP contribution in [0.3, 0.4) is 0 Å². The average Bonchev–Trinajstić information content (AvgIpc) is 3.20. The molecule has 4 aromatic rings. The Bertz CT molecular complexity index is 1330. The Morgan fingerprint density at radius 3 is 2.63 bits per heavy atom. The number of hydrogen-bond acceptors (Lipinski definition) is 5. The number of nitrogens with zero attached hydrogens (tertiary/aromatic N) is 3. The number of benzene rings is 3. The fraction of sp³-hybridized carbons (Fsp3) is 0.167. The van der Waals surface area contributed by atoms with Crippen molar-refractivity contribution < 1.29 is 9.47 Å². The first-order valence-electron chi connectivity index (χ1n) is 9.82. The van der Waals surface area contributed by atoms with Crippen molar-refractivity contribution in [1.29, 1.82) is 0 Å². The van der Waals surface area contributed by atoms with Crippen molar-refractivity contribution in [1.82, 2.24) is 4.68 Å². The molecule has 1 aliphatic heterocycles. The predicted molar refractivity (Wildman–Crippen MR) is 122 cm³/mol. The molecule has 0 radical (unpaired) electrons. The lowest BCUT2D eigenvalue weighted by atomic mass is 10.0. The first-order chi connectivity index (χ1) is 14.7. The van der Waals surface area contributed by atoms with Crippen LogP contribution in [-0.4, -0.2) is 30.6 Å². The first kappa shape index (κ1) is 18.6. The van der Waals surface area contributed by atoms with Gasteiger partial charge in [-0.15, -0.1) is 11.3 Å². The van der Waals surface area contributed by atoms with E-state index < -0.39 is 0 Å². The van der Waals surface area contributed by atoms with Gasteiger partial charge in [0, 0.05) is 23.6 Å². The molecule has 0 saturated carbocycles. The summed E-state index contributed by atoms with van der Waals surface area (Å²) in [6.45, 7) is 3.15. The van der Waals surface area contributed by atoms with Crippen LogP contribution in [0.1, 0.15) is 12.5 Å². The summed E-state index contributed by atoms with van der Waals surface area (Å²) >= 11 is 1.58. The maximum absolute atomic E-state index is 5.73. The van der Waals surface area contributed by atoms with E-state index >= 15 is 0 Å². The van der Waals surface area contributed by atoms with E-state index in [4.69, 9.17) is 14.6 Å². The van der Waals surface area contributed by atoms with E-state index in [1.165, 1.54) is 10.8 Å². The molecule has 0 N–H and O–H groups in total. The van der Waals surface area contributed by atoms with Crippen molar-refractivity contribution in [3.63, 3.8) is 0 Å². The van der Waals surface area contributed by atoms with Crippen LogP contribution in [0.15, 0.2) is 76.1 Å². The summed E-state index contributed by atoms with van der Waals surface area (Å²) in [5, 5.41) is 9.46. The monoisotopic (exact) mass is 415 g/mol. The molecule has 0 bridgehead atoms. The van der Waals surface area contributed by atoms with E-state index in [9.17, 15) is 0 Å². The Balaban J connectivity index is 1.64. The molecule has 0 atom stereocenters. The smallest absolute Gasteiger partial charge is 0.205 e. The Morgan fingerprint density at radius 2 is 1.77 bits per heavy atom. The van der Waals surface area contributed by atoms with Crippen LogP contribution in [0.4, 0.5) is 0 Å². The molecule has 0 unspecified atom stereocenters. The van der Waals surface area contributed by atoms with E-state index in [0.717, 1.165) is 38.8 Å². The summed E-state index contributed by atoms with van der Waals surface area (Å²) in [5.41, 5.74) is 4.03. The van der Waals surface area contributed by atoms with Gasteiger partial charge >= 0.3 is 0 Å². The average molecular weight is 416 g/mol. The number of thiazole rings is 1. The van der Waals surface area contributed by atoms with Crippen LogP contribution in [0.25, 0.3) is 22.0 Å². The number of fused-ring (bicyclic) bond motifs is 2. The molecule has 0 spiro atoms. The summed E-state index contributed by atoms with van der Waals surface area (Å²) in [4.78, 5) is 5.29. The molecule has 1 aromatic heterocycles. The lowest BCUT2D eigenvalue weighted by Crippen LogP contribution is -2.16. The maximum atomic E-state index is 5.73. The Hall–Kier alpha value is -3.38. The van der Waals surface area contributed by atoms with Gasteiger partial charge in [0.2, 0.25) is 4.80 Å². The SMILES string of the molecule is CN=c1scc(-c2cccc3ccccc23)n1N=C(C)c1ccc2c(c1)OCCO2. The second kappa shape index (κ2) is 7.80. The highest BCUT2D eigenvalue weighted by Gasteiger charge is 2.14. The first-order valence-corrected chi connectivity index (χ1v) is 10.7. The fourth-order valence-corrected chi connectivity index (χ4v) is 4.45. The number of aromatic nitrogens is 1. The minimum atomic E-state index is 0.565. The zero-order valence-corrected chi connectivity index (χ0v) is 17.6. The summed E-state index contributed by atoms with van der Waals surface area (Å²) in [5.74, 6) is 1.54. The zero-order valence-electron chi connectivity index (χ0n) is 16.8. The summed E-state index contributed by atoms with van der Waals surface area (Å²) in [6, 6.07) is 20.7. The second-order valence-corrected chi connectivity index (χ2v) is 7.85. The van der Waals surface area contributed by atoms with E-state index in [0.29, 0.717) is 13.2 Å². The lowest BCUT2D eigenvalue weighted by molar-refractivity contribution is 0.171. The van der Waals surface area contributed by atoms with Crippen molar-refractivity contribution in [2.24, 2.45) is 10.1 Å². The van der Waals surface area contributed by atoms with Crippen LogP contribution in [0.5, 0.6) is 11.5 Å². The fourth-order valence-electron chi connectivity index (χ4n) is 3.66. The van der Waals surface area contributed by atoms with Gasteiger partial charge in [0.05, 0.1) is 11.4 Å². The van der Waals surface area contributed by atoms with E-state index in [2.05, 4.69) is 52.8 Å². The van der Waals surface area contributed by atoms with Gasteiger partial charge in [-0.3, -0.25) is 4.99 Å². The van der Waals surface area contributed by atoms with E-state index in [1.54, 1.807) is 18.4 Å². The third-order valence-corrected chi connectivity index (χ3v) is 6.06. The molecule has 0 aliphatic carbocycles. The number of ether oxygens (including phenoxy) is 2. The van der Waals surface area contributed by atoms with E-state index in [1.807, 2.05) is 29.8 Å². The van der Waals surface area contributed by atoms with Gasteiger partial charge in [-0.25, -0.2) is 4.68 Å². The highest BCUT2D eigenvalue weighted by molar-refractivity contribution is 7.07. The zero-order chi connectivity index (χ0) is 20.5. The van der Waals surface area contributed by atoms with Crippen molar-refractivity contribution in [3.05, 3.63) is 76.4 Å². The largest absolute Gasteiger partial charge is 0.486 e. The molecule has 5 rings (SSSR count). The quantitative estimate of drug-likeness (QED) is 0.445. The van der Waals surface area contributed by atoms with Gasteiger partial charge < -0.3 is 9.47 Å². The minimum Gasteiger partial charge on any atom is -0.486 e. The van der Waals surface area contributed by atoms with Crippen LogP contribution in [-0.2, 0) is 0 Å². The molecule has 30 heavy (non-hydrogen) atoms. The molecule has 0 amide bonds. The number of rotatable bonds is 3. The molecule has 2 heterocycles. The maximum Gasteiger partial charge on any atom is 0.205 e. The van der Waals surface area contributed by atoms with Gasteiger partial charge in [-0.1, -0.05) is 42.5 Å². The third kappa shape index (κ3) is 3.29. The number of hydrogen-bond donors (Lipinski definition) is 0. The normalized spacial score (nSPS) is 14.3. The van der Waals surface area contributed by atoms with E-state index in [-0.39, 0.29) is 0 Å². The highest BCUT2D eigenvalue weighted by atomic mass is 32.1. The van der Waals surface area contributed by atoms with Crippen molar-refractivity contribution in [3.8, 4) is 22.8 Å². The third-order valence-electron chi connectivity index (χ3n) is 5.15. The summed E-state index contributed by atoms with van der Waals surface area (Å²) in [6.07, 6.45) is 0. The molecule has 5 nitrogen and oxygen atoms in total. The van der Waals surface area contributed by atoms with Crippen molar-refractivity contribution in [2.45, 2.75) is 6.92 Å². The lowest BCUT2D eigenvalue weighted by Gasteiger charge is -2.18. The molecule has 3 aromatic carbocycles.